The number of hydrogen-bond acceptors (Lipinski definition) is 6. The van der Waals surface area contributed by atoms with Crippen molar-refractivity contribution in [3.05, 3.63) is 59.5 Å². The molecular weight excluding hydrogens is 398 g/mol. The van der Waals surface area contributed by atoms with Crippen LogP contribution in [0.1, 0.15) is 45.0 Å². The van der Waals surface area contributed by atoms with Gasteiger partial charge in [0.05, 0.1) is 18.6 Å². The molecule has 0 aliphatic carbocycles. The summed E-state index contributed by atoms with van der Waals surface area (Å²) in [7, 11) is 0. The van der Waals surface area contributed by atoms with Gasteiger partial charge >= 0.3 is 5.97 Å². The Morgan fingerprint density at radius 1 is 1.13 bits per heavy atom. The molecule has 0 fully saturated rings. The third-order valence-corrected chi connectivity index (χ3v) is 5.29. The quantitative estimate of drug-likeness (QED) is 0.333. The minimum atomic E-state index is -0.462. The van der Waals surface area contributed by atoms with Gasteiger partial charge in [-0.15, -0.1) is 11.3 Å². The molecule has 0 spiro atoms. The van der Waals surface area contributed by atoms with Crippen LogP contribution in [0.4, 0.5) is 0 Å². The van der Waals surface area contributed by atoms with Crippen LogP contribution in [-0.4, -0.2) is 27.1 Å². The third kappa shape index (κ3) is 6.50. The first-order valence-corrected chi connectivity index (χ1v) is 11.1. The lowest BCUT2D eigenvalue weighted by atomic mass is 9.97. The number of imidazole rings is 1. The van der Waals surface area contributed by atoms with Gasteiger partial charge in [0.15, 0.2) is 0 Å². The predicted octanol–water partition coefficient (Wildman–Crippen LogP) is 5.09. The van der Waals surface area contributed by atoms with Crippen LogP contribution < -0.4 is 0 Å². The maximum Gasteiger partial charge on any atom is 0.311 e. The molecule has 30 heavy (non-hydrogen) atoms. The molecule has 7 heteroatoms. The average molecular weight is 428 g/mol. The van der Waals surface area contributed by atoms with E-state index in [1.165, 1.54) is 0 Å². The Labute approximate surface area is 181 Å². The molecule has 0 amide bonds. The van der Waals surface area contributed by atoms with Gasteiger partial charge in [-0.3, -0.25) is 4.79 Å². The van der Waals surface area contributed by atoms with E-state index in [-0.39, 0.29) is 5.97 Å². The van der Waals surface area contributed by atoms with E-state index in [0.29, 0.717) is 19.8 Å². The molecule has 0 saturated carbocycles. The summed E-state index contributed by atoms with van der Waals surface area (Å²) in [4.78, 5) is 21.0. The molecule has 0 unspecified atom stereocenters. The molecule has 0 bridgehead atoms. The average Bonchev–Trinajstić information content (AvgIpc) is 3.38. The number of esters is 1. The fourth-order valence-corrected chi connectivity index (χ4v) is 3.41. The molecule has 6 nitrogen and oxygen atoms in total. The van der Waals surface area contributed by atoms with E-state index >= 15 is 0 Å². The molecule has 0 N–H and O–H groups in total. The molecule has 0 saturated heterocycles. The first kappa shape index (κ1) is 22.2. The van der Waals surface area contributed by atoms with E-state index in [4.69, 9.17) is 14.5 Å². The highest BCUT2D eigenvalue weighted by molar-refractivity contribution is 7.13. The molecule has 0 aliphatic rings. The van der Waals surface area contributed by atoms with E-state index in [1.54, 1.807) is 17.5 Å². The lowest BCUT2D eigenvalue weighted by Gasteiger charge is -2.16. The minimum Gasteiger partial charge on any atom is -0.465 e. The summed E-state index contributed by atoms with van der Waals surface area (Å²) in [6.45, 7) is 7.79. The summed E-state index contributed by atoms with van der Waals surface area (Å²) in [5.41, 5.74) is 1.54. The topological polar surface area (TPSA) is 66.2 Å². The Morgan fingerprint density at radius 2 is 1.93 bits per heavy atom. The molecule has 0 radical (unpaired) electrons. The molecule has 160 valence electrons. The van der Waals surface area contributed by atoms with Crippen LogP contribution in [0, 0.1) is 5.41 Å². The van der Waals surface area contributed by atoms with Crippen molar-refractivity contribution >= 4 is 17.3 Å². The zero-order valence-electron chi connectivity index (χ0n) is 17.8. The Kier molecular flexibility index (Phi) is 7.76. The number of nitrogens with zero attached hydrogens (tertiary/aromatic N) is 3. The van der Waals surface area contributed by atoms with Gasteiger partial charge in [0.2, 0.25) is 0 Å². The van der Waals surface area contributed by atoms with E-state index in [2.05, 4.69) is 9.55 Å². The maximum atomic E-state index is 11.9. The van der Waals surface area contributed by atoms with Gasteiger partial charge in [-0.25, -0.2) is 9.97 Å². The van der Waals surface area contributed by atoms with E-state index in [0.717, 1.165) is 41.5 Å². The van der Waals surface area contributed by atoms with Crippen molar-refractivity contribution in [3.63, 3.8) is 0 Å². The highest BCUT2D eigenvalue weighted by Crippen LogP contribution is 2.22. The summed E-state index contributed by atoms with van der Waals surface area (Å²) < 4.78 is 13.4. The van der Waals surface area contributed by atoms with Crippen LogP contribution in [-0.2, 0) is 34.0 Å². The number of carbonyl (C=O) groups is 1. The van der Waals surface area contributed by atoms with Gasteiger partial charge in [-0.1, -0.05) is 30.3 Å². The lowest BCUT2D eigenvalue weighted by molar-refractivity contribution is -0.153. The highest BCUT2D eigenvalue weighted by Gasteiger charge is 2.22. The van der Waals surface area contributed by atoms with Crippen molar-refractivity contribution < 1.29 is 14.3 Å². The van der Waals surface area contributed by atoms with E-state index < -0.39 is 5.41 Å². The zero-order valence-corrected chi connectivity index (χ0v) is 18.7. The summed E-state index contributed by atoms with van der Waals surface area (Å²) >= 11 is 1.57. The summed E-state index contributed by atoms with van der Waals surface area (Å²) in [6.07, 6.45) is 5.50. The molecule has 1 aromatic carbocycles. The van der Waals surface area contributed by atoms with Gasteiger partial charge in [0.1, 0.15) is 23.1 Å². The zero-order chi connectivity index (χ0) is 21.4. The number of benzene rings is 1. The van der Waals surface area contributed by atoms with Crippen molar-refractivity contribution in [2.75, 3.05) is 6.61 Å². The first-order chi connectivity index (χ1) is 14.4. The smallest absolute Gasteiger partial charge is 0.311 e. The van der Waals surface area contributed by atoms with Gasteiger partial charge in [-0.05, 0) is 39.2 Å². The fraction of sp³-hybridized carbons (Fsp3) is 0.435. The Morgan fingerprint density at radius 3 is 2.63 bits per heavy atom. The molecular formula is C23H29N3O3S. The standard InChI is InChI=1S/C23H29N3O3S/c1-23(2,3)22(27)29-13-8-7-12-26-15-19(21-24-11-14-30-21)25-20(26)17-28-16-18-9-5-4-6-10-18/h4-6,9-11,14-15H,7-8,12-13,16-17H2,1-3H3. The third-order valence-electron chi connectivity index (χ3n) is 4.49. The minimum absolute atomic E-state index is 0.161. The SMILES string of the molecule is CC(C)(C)C(=O)OCCCCn1cc(-c2nccs2)nc1COCc1ccccc1. The fourth-order valence-electron chi connectivity index (χ4n) is 2.82. The highest BCUT2D eigenvalue weighted by atomic mass is 32.1. The predicted molar refractivity (Wildman–Crippen MR) is 118 cm³/mol. The maximum absolute atomic E-state index is 11.9. The van der Waals surface area contributed by atoms with Gasteiger partial charge in [-0.2, -0.15) is 0 Å². The molecule has 3 aromatic rings. The van der Waals surface area contributed by atoms with Crippen LogP contribution in [0.5, 0.6) is 0 Å². The Balaban J connectivity index is 1.55. The largest absolute Gasteiger partial charge is 0.465 e. The van der Waals surface area contributed by atoms with Crippen molar-refractivity contribution in [1.82, 2.24) is 14.5 Å². The van der Waals surface area contributed by atoms with Gasteiger partial charge < -0.3 is 14.0 Å². The summed E-state index contributed by atoms with van der Waals surface area (Å²) in [5, 5.41) is 2.85. The number of hydrogen-bond donors (Lipinski definition) is 0. The number of aryl methyl sites for hydroxylation is 1. The van der Waals surface area contributed by atoms with E-state index in [1.807, 2.05) is 62.7 Å². The second-order valence-electron chi connectivity index (χ2n) is 8.14. The van der Waals surface area contributed by atoms with Crippen molar-refractivity contribution in [2.24, 2.45) is 5.41 Å². The molecule has 0 aliphatic heterocycles. The number of carbonyl (C=O) groups excluding carboxylic acids is 1. The number of rotatable bonds is 10. The van der Waals surface area contributed by atoms with Gasteiger partial charge in [0.25, 0.3) is 0 Å². The number of unbranched alkanes of at least 4 members (excludes halogenated alkanes) is 1. The van der Waals surface area contributed by atoms with Crippen LogP contribution in [0.15, 0.2) is 48.1 Å². The van der Waals surface area contributed by atoms with Gasteiger partial charge in [0, 0.05) is 24.3 Å². The van der Waals surface area contributed by atoms with Crippen LogP contribution >= 0.6 is 11.3 Å². The monoisotopic (exact) mass is 427 g/mol. The Bertz CT molecular complexity index is 915. The molecule has 3 rings (SSSR count). The number of aromatic nitrogens is 3. The number of ether oxygens (including phenoxy) is 2. The van der Waals surface area contributed by atoms with Crippen molar-refractivity contribution in [3.8, 4) is 10.7 Å². The van der Waals surface area contributed by atoms with Crippen LogP contribution in [0.2, 0.25) is 0 Å². The molecule has 0 atom stereocenters. The normalized spacial score (nSPS) is 11.6. The lowest BCUT2D eigenvalue weighted by Crippen LogP contribution is -2.23. The number of thiazole rings is 1. The summed E-state index contributed by atoms with van der Waals surface area (Å²) in [6, 6.07) is 10.1. The second kappa shape index (κ2) is 10.5. The molecule has 2 heterocycles. The first-order valence-electron chi connectivity index (χ1n) is 10.2. The summed E-state index contributed by atoms with van der Waals surface area (Å²) in [5.74, 6) is 0.717. The molecule has 2 aromatic heterocycles. The van der Waals surface area contributed by atoms with E-state index in [9.17, 15) is 4.79 Å². The second-order valence-corrected chi connectivity index (χ2v) is 9.04. The van der Waals surface area contributed by atoms with Crippen molar-refractivity contribution in [2.45, 2.75) is 53.4 Å². The Hall–Kier alpha value is -2.51. The van der Waals surface area contributed by atoms with Crippen LogP contribution in [0.3, 0.4) is 0 Å². The van der Waals surface area contributed by atoms with Crippen LogP contribution in [0.25, 0.3) is 10.7 Å². The van der Waals surface area contributed by atoms with Crippen molar-refractivity contribution in [1.29, 1.82) is 0 Å².